The van der Waals surface area contributed by atoms with Crippen molar-refractivity contribution >= 4 is 27.7 Å². The summed E-state index contributed by atoms with van der Waals surface area (Å²) in [6.07, 6.45) is 1.30. The standard InChI is InChI=1S/C34H40N4O5S/c1-23(2)21-30(33(35)40)38(5,32(39)20-17-26-11-7-6-8-12-26)22-27-15-18-28(19-16-27)29-13-9-10-14-31(29)44(41,42)37-34-24(3)25(4)43-36-34/h6-16,18-19,23,30H,17,20-22H2,1-5H3,(H2-,35,36,37,40)/p+1/t30-,38?/m0/s1. The van der Waals surface area contributed by atoms with E-state index in [0.29, 0.717) is 35.3 Å². The summed E-state index contributed by atoms with van der Waals surface area (Å²) in [5, 5.41) is 3.84. The Hall–Kier alpha value is -4.28. The molecule has 0 aliphatic heterocycles. The summed E-state index contributed by atoms with van der Waals surface area (Å²) in [6.45, 7) is 7.73. The largest absolute Gasteiger partial charge is 0.364 e. The van der Waals surface area contributed by atoms with Gasteiger partial charge < -0.3 is 10.3 Å². The molecule has 0 aliphatic rings. The van der Waals surface area contributed by atoms with Crippen LogP contribution in [0.5, 0.6) is 0 Å². The minimum atomic E-state index is -3.98. The van der Waals surface area contributed by atoms with Gasteiger partial charge in [0, 0.05) is 23.1 Å². The second-order valence-corrected chi connectivity index (χ2v) is 13.5. The number of likely N-dealkylation sites (N-methyl/N-ethyl adjacent to an activating group) is 1. The second-order valence-electron chi connectivity index (χ2n) is 11.9. The molecule has 1 aromatic heterocycles. The van der Waals surface area contributed by atoms with Gasteiger partial charge in [0.1, 0.15) is 12.3 Å². The van der Waals surface area contributed by atoms with E-state index < -0.39 is 22.0 Å². The summed E-state index contributed by atoms with van der Waals surface area (Å²) in [4.78, 5) is 26.7. The molecule has 0 aliphatic carbocycles. The van der Waals surface area contributed by atoms with Crippen molar-refractivity contribution in [2.75, 3.05) is 11.8 Å². The Kier molecular flexibility index (Phi) is 10.1. The number of primary amides is 1. The van der Waals surface area contributed by atoms with Crippen LogP contribution in [-0.4, -0.2) is 43.0 Å². The van der Waals surface area contributed by atoms with Crippen LogP contribution < -0.4 is 10.5 Å². The molecule has 2 atom stereocenters. The van der Waals surface area contributed by atoms with Gasteiger partial charge in [0.25, 0.3) is 15.9 Å². The Morgan fingerprint density at radius 1 is 0.932 bits per heavy atom. The zero-order chi connectivity index (χ0) is 32.1. The molecule has 0 radical (unpaired) electrons. The first-order valence-electron chi connectivity index (χ1n) is 14.7. The molecule has 0 spiro atoms. The Morgan fingerprint density at radius 2 is 1.57 bits per heavy atom. The topological polar surface area (TPSA) is 132 Å². The lowest BCUT2D eigenvalue weighted by atomic mass is 9.97. The van der Waals surface area contributed by atoms with E-state index in [4.69, 9.17) is 10.3 Å². The van der Waals surface area contributed by atoms with Gasteiger partial charge in [-0.15, -0.1) is 0 Å². The first kappa shape index (κ1) is 32.6. The van der Waals surface area contributed by atoms with Crippen LogP contribution in [0, 0.1) is 19.8 Å². The maximum atomic E-state index is 13.9. The van der Waals surface area contributed by atoms with Crippen LogP contribution in [0.15, 0.2) is 88.3 Å². The summed E-state index contributed by atoms with van der Waals surface area (Å²) in [6, 6.07) is 23.2. The number of carbonyl (C=O) groups excluding carboxylic acids is 2. The SMILES string of the molecule is Cc1onc(NS(=O)(=O)c2ccccc2-c2ccc(C[N+](C)(C(=O)CCc3ccccc3)[C@@H](CC(C)C)C(N)=O)cc2)c1C. The van der Waals surface area contributed by atoms with Gasteiger partial charge in [-0.3, -0.25) is 9.52 Å². The van der Waals surface area contributed by atoms with Crippen LogP contribution in [0.3, 0.4) is 0 Å². The molecule has 1 unspecified atom stereocenters. The zero-order valence-electron chi connectivity index (χ0n) is 25.9. The number of carbonyl (C=O) groups is 2. The average Bonchev–Trinajstić information content (AvgIpc) is 3.31. The number of aryl methyl sites for hydroxylation is 2. The Morgan fingerprint density at radius 3 is 2.16 bits per heavy atom. The molecule has 3 aromatic carbocycles. The number of benzene rings is 3. The van der Waals surface area contributed by atoms with Gasteiger partial charge in [0.15, 0.2) is 11.9 Å². The van der Waals surface area contributed by atoms with Crippen LogP contribution in [-0.2, 0) is 32.6 Å². The molecule has 0 saturated carbocycles. The lowest BCUT2D eigenvalue weighted by Crippen LogP contribution is -2.60. The van der Waals surface area contributed by atoms with Crippen molar-refractivity contribution in [3.63, 3.8) is 0 Å². The second kappa shape index (κ2) is 13.6. The van der Waals surface area contributed by atoms with E-state index in [1.165, 1.54) is 6.07 Å². The zero-order valence-corrected chi connectivity index (χ0v) is 26.7. The van der Waals surface area contributed by atoms with Gasteiger partial charge in [-0.2, -0.15) is 0 Å². The smallest absolute Gasteiger partial charge is 0.314 e. The number of quaternary nitrogens is 1. The van der Waals surface area contributed by atoms with Crippen molar-refractivity contribution in [1.29, 1.82) is 0 Å². The number of nitrogens with one attached hydrogen (secondary N) is 1. The third kappa shape index (κ3) is 7.43. The molecule has 232 valence electrons. The molecule has 1 heterocycles. The van der Waals surface area contributed by atoms with E-state index in [-0.39, 0.29) is 40.0 Å². The highest BCUT2D eigenvalue weighted by Gasteiger charge is 2.43. The van der Waals surface area contributed by atoms with Gasteiger partial charge in [-0.05, 0) is 43.4 Å². The van der Waals surface area contributed by atoms with Gasteiger partial charge in [-0.25, -0.2) is 17.7 Å². The van der Waals surface area contributed by atoms with Crippen LogP contribution in [0.2, 0.25) is 0 Å². The maximum Gasteiger partial charge on any atom is 0.314 e. The molecule has 2 amide bonds. The number of nitrogens with zero attached hydrogens (tertiary/aromatic N) is 2. The van der Waals surface area contributed by atoms with Gasteiger partial charge >= 0.3 is 5.91 Å². The predicted octanol–water partition coefficient (Wildman–Crippen LogP) is 5.77. The van der Waals surface area contributed by atoms with Crippen molar-refractivity contribution < 1.29 is 27.0 Å². The lowest BCUT2D eigenvalue weighted by Gasteiger charge is -2.38. The predicted molar refractivity (Wildman–Crippen MR) is 171 cm³/mol. The number of hydrogen-bond donors (Lipinski definition) is 2. The minimum Gasteiger partial charge on any atom is -0.364 e. The molecule has 0 saturated heterocycles. The summed E-state index contributed by atoms with van der Waals surface area (Å²) in [5.74, 6) is 0.263. The minimum absolute atomic E-state index is 0.0664. The number of aromatic nitrogens is 1. The average molecular weight is 618 g/mol. The number of rotatable bonds is 13. The molecule has 44 heavy (non-hydrogen) atoms. The van der Waals surface area contributed by atoms with Gasteiger partial charge in [-0.1, -0.05) is 91.8 Å². The molecular formula is C34H41N4O5S+. The van der Waals surface area contributed by atoms with Crippen molar-refractivity contribution in [2.24, 2.45) is 11.7 Å². The first-order valence-corrected chi connectivity index (χ1v) is 16.2. The van der Waals surface area contributed by atoms with E-state index >= 15 is 0 Å². The van der Waals surface area contributed by atoms with Crippen molar-refractivity contribution in [1.82, 2.24) is 5.16 Å². The van der Waals surface area contributed by atoms with E-state index in [2.05, 4.69) is 9.88 Å². The van der Waals surface area contributed by atoms with E-state index in [1.807, 2.05) is 68.4 Å². The van der Waals surface area contributed by atoms with E-state index in [0.717, 1.165) is 11.1 Å². The molecule has 10 heteroatoms. The number of sulfonamides is 1. The van der Waals surface area contributed by atoms with Crippen molar-refractivity contribution in [2.45, 2.75) is 64.4 Å². The van der Waals surface area contributed by atoms with Crippen LogP contribution in [0.25, 0.3) is 11.1 Å². The number of amides is 2. The molecule has 0 fully saturated rings. The summed E-state index contributed by atoms with van der Waals surface area (Å²) in [7, 11) is -2.19. The molecular weight excluding hydrogens is 576 g/mol. The number of hydrogen-bond acceptors (Lipinski definition) is 6. The quantitative estimate of drug-likeness (QED) is 0.183. The van der Waals surface area contributed by atoms with Gasteiger partial charge in [0.2, 0.25) is 0 Å². The molecule has 9 nitrogen and oxygen atoms in total. The normalized spacial score (nSPS) is 13.8. The Labute approximate surface area is 259 Å². The molecule has 3 N–H and O–H groups in total. The summed E-state index contributed by atoms with van der Waals surface area (Å²) < 4.78 is 34.3. The van der Waals surface area contributed by atoms with Crippen LogP contribution >= 0.6 is 0 Å². The Balaban J connectivity index is 1.63. The number of nitrogens with two attached hydrogens (primary N) is 1. The Bertz CT molecular complexity index is 1720. The highest BCUT2D eigenvalue weighted by atomic mass is 32.2. The van der Waals surface area contributed by atoms with Crippen molar-refractivity contribution in [3.05, 3.63) is 101 Å². The number of anilines is 1. The van der Waals surface area contributed by atoms with Crippen molar-refractivity contribution in [3.8, 4) is 11.1 Å². The van der Waals surface area contributed by atoms with E-state index in [9.17, 15) is 18.0 Å². The third-order valence-corrected chi connectivity index (χ3v) is 9.49. The monoisotopic (exact) mass is 617 g/mol. The highest BCUT2D eigenvalue weighted by Crippen LogP contribution is 2.31. The van der Waals surface area contributed by atoms with E-state index in [1.54, 1.807) is 39.1 Å². The fourth-order valence-electron chi connectivity index (χ4n) is 5.40. The van der Waals surface area contributed by atoms with Crippen LogP contribution in [0.1, 0.15) is 49.1 Å². The molecule has 0 bridgehead atoms. The molecule has 4 aromatic rings. The highest BCUT2D eigenvalue weighted by molar-refractivity contribution is 7.92. The summed E-state index contributed by atoms with van der Waals surface area (Å²) in [5.41, 5.74) is 9.59. The fourth-order valence-corrected chi connectivity index (χ4v) is 6.69. The summed E-state index contributed by atoms with van der Waals surface area (Å²) >= 11 is 0. The maximum absolute atomic E-state index is 13.9. The first-order chi connectivity index (χ1) is 20.8. The lowest BCUT2D eigenvalue weighted by molar-refractivity contribution is -0.865. The van der Waals surface area contributed by atoms with Gasteiger partial charge in [0.05, 0.1) is 18.4 Å². The molecule has 4 rings (SSSR count). The fraction of sp³-hybridized carbons (Fsp3) is 0.324. The van der Waals surface area contributed by atoms with Crippen LogP contribution in [0.4, 0.5) is 5.82 Å². The third-order valence-electron chi connectivity index (χ3n) is 8.09.